The zero-order valence-electron chi connectivity index (χ0n) is 13.6. The molecule has 0 radical (unpaired) electrons. The van der Waals surface area contributed by atoms with Crippen molar-refractivity contribution >= 4 is 23.3 Å². The number of carbonyl (C=O) groups is 1. The van der Waals surface area contributed by atoms with Crippen LogP contribution in [0.2, 0.25) is 0 Å². The van der Waals surface area contributed by atoms with Crippen LogP contribution in [0.3, 0.4) is 0 Å². The predicted molar refractivity (Wildman–Crippen MR) is 90.2 cm³/mol. The molecule has 1 N–H and O–H groups in total. The third kappa shape index (κ3) is 4.47. The number of ether oxygens (including phenoxy) is 1. The van der Waals surface area contributed by atoms with Crippen LogP contribution < -0.4 is 5.32 Å². The van der Waals surface area contributed by atoms with Gasteiger partial charge >= 0.3 is 5.97 Å². The van der Waals surface area contributed by atoms with E-state index in [9.17, 15) is 4.79 Å². The molecule has 5 nitrogen and oxygen atoms in total. The van der Waals surface area contributed by atoms with Crippen LogP contribution in [0.15, 0.2) is 17.1 Å². The van der Waals surface area contributed by atoms with Crippen LogP contribution in [-0.2, 0) is 16.1 Å². The fraction of sp³-hybridized carbons (Fsp3) is 0.625. The van der Waals surface area contributed by atoms with Gasteiger partial charge in [-0.05, 0) is 38.8 Å². The largest absolute Gasteiger partial charge is 0.469 e. The average Bonchev–Trinajstić information content (AvgIpc) is 2.96. The summed E-state index contributed by atoms with van der Waals surface area (Å²) in [4.78, 5) is 21.2. The number of nitrogens with one attached hydrogen (secondary N) is 1. The molecule has 0 aliphatic carbocycles. The predicted octanol–water partition coefficient (Wildman–Crippen LogP) is 2.41. The van der Waals surface area contributed by atoms with Crippen LogP contribution in [0, 0.1) is 12.8 Å². The van der Waals surface area contributed by atoms with Crippen LogP contribution in [0.1, 0.15) is 29.5 Å². The van der Waals surface area contributed by atoms with Gasteiger partial charge in [-0.15, -0.1) is 11.3 Å². The number of likely N-dealkylation sites (tertiary alicyclic amines) is 1. The Hall–Kier alpha value is -1.56. The lowest BCUT2D eigenvalue weighted by Gasteiger charge is -2.33. The Labute approximate surface area is 136 Å². The van der Waals surface area contributed by atoms with E-state index in [0.717, 1.165) is 38.4 Å². The van der Waals surface area contributed by atoms with Crippen molar-refractivity contribution in [1.29, 1.82) is 0 Å². The number of piperidine rings is 1. The number of aliphatic imine (C=N–C) groups is 1. The van der Waals surface area contributed by atoms with Gasteiger partial charge in [0.05, 0.1) is 19.6 Å². The van der Waals surface area contributed by atoms with E-state index >= 15 is 0 Å². The minimum atomic E-state index is -0.0874. The Morgan fingerprint density at radius 1 is 1.45 bits per heavy atom. The Balaban J connectivity index is 1.95. The summed E-state index contributed by atoms with van der Waals surface area (Å²) in [6, 6.07) is 4.26. The van der Waals surface area contributed by atoms with E-state index in [4.69, 9.17) is 9.73 Å². The van der Waals surface area contributed by atoms with Gasteiger partial charge in [0, 0.05) is 29.4 Å². The molecule has 0 saturated carbocycles. The number of carbonyl (C=O) groups excluding carboxylic acids is 1. The van der Waals surface area contributed by atoms with E-state index in [1.807, 2.05) is 0 Å². The molecule has 0 amide bonds. The topological polar surface area (TPSA) is 53.9 Å². The molecule has 1 saturated heterocycles. The summed E-state index contributed by atoms with van der Waals surface area (Å²) < 4.78 is 4.84. The zero-order valence-corrected chi connectivity index (χ0v) is 14.4. The number of methoxy groups -OCH3 is 1. The Morgan fingerprint density at radius 3 is 2.73 bits per heavy atom. The fourth-order valence-corrected chi connectivity index (χ4v) is 3.46. The molecule has 1 aliphatic heterocycles. The van der Waals surface area contributed by atoms with Gasteiger partial charge < -0.3 is 15.0 Å². The highest BCUT2D eigenvalue weighted by atomic mass is 32.1. The first-order valence-corrected chi connectivity index (χ1v) is 8.62. The van der Waals surface area contributed by atoms with Crippen LogP contribution >= 0.6 is 11.3 Å². The Bertz CT molecular complexity index is 519. The number of aryl methyl sites for hydroxylation is 1. The number of hydrogen-bond donors (Lipinski definition) is 1. The number of rotatable bonds is 4. The van der Waals surface area contributed by atoms with Gasteiger partial charge in [0.1, 0.15) is 0 Å². The Kier molecular flexibility index (Phi) is 6.24. The molecule has 2 rings (SSSR count). The minimum Gasteiger partial charge on any atom is -0.469 e. The smallest absolute Gasteiger partial charge is 0.308 e. The standard InChI is InChI=1S/C16H25N3O2S/c1-4-17-16(18-11-14-6-5-12(2)22-14)19-9-7-13(8-10-19)15(20)21-3/h5-6,13H,4,7-11H2,1-3H3,(H,17,18). The number of guanidine groups is 1. The lowest BCUT2D eigenvalue weighted by Crippen LogP contribution is -2.46. The minimum absolute atomic E-state index is 0.0315. The van der Waals surface area contributed by atoms with Crippen molar-refractivity contribution < 1.29 is 9.53 Å². The molecule has 2 heterocycles. The van der Waals surface area contributed by atoms with Crippen molar-refractivity contribution in [2.24, 2.45) is 10.9 Å². The molecular formula is C16H25N3O2S. The van der Waals surface area contributed by atoms with Gasteiger partial charge in [0.25, 0.3) is 0 Å². The van der Waals surface area contributed by atoms with Crippen molar-refractivity contribution in [1.82, 2.24) is 10.2 Å². The highest BCUT2D eigenvalue weighted by molar-refractivity contribution is 7.11. The van der Waals surface area contributed by atoms with Crippen LogP contribution in [0.25, 0.3) is 0 Å². The zero-order chi connectivity index (χ0) is 15.9. The van der Waals surface area contributed by atoms with Crippen LogP contribution in [0.4, 0.5) is 0 Å². The van der Waals surface area contributed by atoms with Gasteiger partial charge in [-0.3, -0.25) is 4.79 Å². The third-order valence-electron chi connectivity index (χ3n) is 3.84. The van der Waals surface area contributed by atoms with Crippen LogP contribution in [-0.4, -0.2) is 43.6 Å². The lowest BCUT2D eigenvalue weighted by atomic mass is 9.97. The maximum absolute atomic E-state index is 11.6. The second-order valence-corrected chi connectivity index (χ2v) is 6.84. The van der Waals surface area contributed by atoms with E-state index in [1.54, 1.807) is 11.3 Å². The molecule has 0 bridgehead atoms. The summed E-state index contributed by atoms with van der Waals surface area (Å²) in [6.07, 6.45) is 1.66. The molecule has 0 unspecified atom stereocenters. The van der Waals surface area contributed by atoms with Gasteiger partial charge in [0.15, 0.2) is 5.96 Å². The van der Waals surface area contributed by atoms with Crippen molar-refractivity contribution in [3.05, 3.63) is 21.9 Å². The molecule has 6 heteroatoms. The molecular weight excluding hydrogens is 298 g/mol. The molecule has 122 valence electrons. The molecule has 1 aromatic rings. The van der Waals surface area contributed by atoms with E-state index < -0.39 is 0 Å². The van der Waals surface area contributed by atoms with Gasteiger partial charge in [-0.2, -0.15) is 0 Å². The van der Waals surface area contributed by atoms with Crippen molar-refractivity contribution in [3.8, 4) is 0 Å². The van der Waals surface area contributed by atoms with Crippen molar-refractivity contribution in [2.75, 3.05) is 26.7 Å². The summed E-state index contributed by atoms with van der Waals surface area (Å²) >= 11 is 1.79. The first-order chi connectivity index (χ1) is 10.6. The maximum atomic E-state index is 11.6. The molecule has 1 aromatic heterocycles. The van der Waals surface area contributed by atoms with E-state index in [1.165, 1.54) is 16.9 Å². The van der Waals surface area contributed by atoms with Gasteiger partial charge in [-0.25, -0.2) is 4.99 Å². The lowest BCUT2D eigenvalue weighted by molar-refractivity contribution is -0.146. The molecule has 0 spiro atoms. The number of hydrogen-bond acceptors (Lipinski definition) is 4. The number of thiophene rings is 1. The average molecular weight is 323 g/mol. The monoisotopic (exact) mass is 323 g/mol. The number of esters is 1. The first kappa shape index (κ1) is 16.8. The van der Waals surface area contributed by atoms with Crippen molar-refractivity contribution in [3.63, 3.8) is 0 Å². The maximum Gasteiger partial charge on any atom is 0.308 e. The fourth-order valence-electron chi connectivity index (χ4n) is 2.64. The highest BCUT2D eigenvalue weighted by Crippen LogP contribution is 2.19. The summed E-state index contributed by atoms with van der Waals surface area (Å²) in [7, 11) is 1.46. The molecule has 22 heavy (non-hydrogen) atoms. The van der Waals surface area contributed by atoms with Gasteiger partial charge in [-0.1, -0.05) is 0 Å². The third-order valence-corrected chi connectivity index (χ3v) is 4.83. The molecule has 1 fully saturated rings. The van der Waals surface area contributed by atoms with E-state index in [2.05, 4.69) is 36.2 Å². The van der Waals surface area contributed by atoms with E-state index in [0.29, 0.717) is 6.54 Å². The molecule has 1 aliphatic rings. The number of nitrogens with zero attached hydrogens (tertiary/aromatic N) is 2. The second kappa shape index (κ2) is 8.17. The highest BCUT2D eigenvalue weighted by Gasteiger charge is 2.26. The SMILES string of the molecule is CCNC(=NCc1ccc(C)s1)N1CCC(C(=O)OC)CC1. The molecule has 0 aromatic carbocycles. The van der Waals surface area contributed by atoms with Crippen LogP contribution in [0.5, 0.6) is 0 Å². The first-order valence-electron chi connectivity index (χ1n) is 7.80. The normalized spacial score (nSPS) is 16.7. The van der Waals surface area contributed by atoms with Gasteiger partial charge in [0.2, 0.25) is 0 Å². The van der Waals surface area contributed by atoms with E-state index in [-0.39, 0.29) is 11.9 Å². The summed E-state index contributed by atoms with van der Waals surface area (Å²) in [5.41, 5.74) is 0. The summed E-state index contributed by atoms with van der Waals surface area (Å²) in [6.45, 7) is 7.42. The summed E-state index contributed by atoms with van der Waals surface area (Å²) in [5.74, 6) is 0.886. The summed E-state index contributed by atoms with van der Waals surface area (Å²) in [5, 5.41) is 3.35. The Morgan fingerprint density at radius 2 is 2.18 bits per heavy atom. The second-order valence-electron chi connectivity index (χ2n) is 5.47. The quantitative estimate of drug-likeness (QED) is 0.525. The van der Waals surface area contributed by atoms with Crippen molar-refractivity contribution in [2.45, 2.75) is 33.2 Å². The molecule has 0 atom stereocenters.